The van der Waals surface area contributed by atoms with Crippen LogP contribution in [0.5, 0.6) is 0 Å². The van der Waals surface area contributed by atoms with E-state index in [4.69, 9.17) is 0 Å². The third-order valence-electron chi connectivity index (χ3n) is 5.47. The SMILES string of the molecule is N#CC(C#N)=c1s/c(=C/c2ccc(N3CCCCC3)c([N+](=O)[O-])c2)c(=O)n1-c1ccccc1. The Labute approximate surface area is 193 Å². The second-order valence-electron chi connectivity index (χ2n) is 7.54. The number of hydrogen-bond acceptors (Lipinski definition) is 7. The van der Waals surface area contributed by atoms with Gasteiger partial charge in [0.25, 0.3) is 11.2 Å². The number of nitrogens with zero attached hydrogens (tertiary/aromatic N) is 5. The van der Waals surface area contributed by atoms with Gasteiger partial charge in [0.2, 0.25) is 0 Å². The van der Waals surface area contributed by atoms with Crippen LogP contribution >= 0.6 is 11.3 Å². The second kappa shape index (κ2) is 9.51. The Kier molecular flexibility index (Phi) is 6.34. The van der Waals surface area contributed by atoms with E-state index in [1.165, 1.54) is 10.6 Å². The number of aromatic nitrogens is 1. The third kappa shape index (κ3) is 4.40. The first kappa shape index (κ1) is 22.0. The fourth-order valence-corrected chi connectivity index (χ4v) is 4.97. The highest BCUT2D eigenvalue weighted by Crippen LogP contribution is 2.31. The first-order chi connectivity index (χ1) is 16.0. The number of nitro benzene ring substituents is 1. The van der Waals surface area contributed by atoms with Gasteiger partial charge in [-0.05, 0) is 49.1 Å². The Hall–Kier alpha value is -4.21. The van der Waals surface area contributed by atoms with Crippen molar-refractivity contribution in [3.8, 4) is 17.8 Å². The minimum atomic E-state index is -0.402. The molecular weight excluding hydrogens is 438 g/mol. The molecule has 33 heavy (non-hydrogen) atoms. The van der Waals surface area contributed by atoms with Crippen molar-refractivity contribution >= 4 is 34.4 Å². The molecule has 1 aromatic heterocycles. The number of hydrogen-bond donors (Lipinski definition) is 0. The van der Waals surface area contributed by atoms with Crippen LogP contribution in [0.15, 0.2) is 53.3 Å². The summed E-state index contributed by atoms with van der Waals surface area (Å²) in [5.41, 5.74) is 1.03. The lowest BCUT2D eigenvalue weighted by Gasteiger charge is -2.28. The lowest BCUT2D eigenvalue weighted by molar-refractivity contribution is -0.384. The zero-order valence-electron chi connectivity index (χ0n) is 17.6. The van der Waals surface area contributed by atoms with Gasteiger partial charge in [-0.1, -0.05) is 24.3 Å². The largest absolute Gasteiger partial charge is 0.366 e. The standard InChI is InChI=1S/C24H19N5O3S/c25-15-18(16-26)24-28(19-7-3-1-4-8-19)23(30)22(33-24)14-17-9-10-20(21(13-17)29(31)32)27-11-5-2-6-12-27/h1,3-4,7-10,13-14H,2,5-6,11-12H2/b22-14+. The maximum Gasteiger partial charge on any atom is 0.293 e. The van der Waals surface area contributed by atoms with Crippen molar-refractivity contribution in [2.75, 3.05) is 18.0 Å². The minimum absolute atomic E-state index is 0.00730. The predicted molar refractivity (Wildman–Crippen MR) is 127 cm³/mol. The molecule has 2 aromatic carbocycles. The normalized spacial score (nSPS) is 13.9. The van der Waals surface area contributed by atoms with Gasteiger partial charge in [-0.25, -0.2) is 0 Å². The Morgan fingerprint density at radius 3 is 2.39 bits per heavy atom. The van der Waals surface area contributed by atoms with E-state index in [1.807, 2.05) is 17.0 Å². The van der Waals surface area contributed by atoms with Crippen molar-refractivity contribution in [3.63, 3.8) is 0 Å². The first-order valence-corrected chi connectivity index (χ1v) is 11.2. The summed E-state index contributed by atoms with van der Waals surface area (Å²) < 4.78 is 1.83. The highest BCUT2D eigenvalue weighted by atomic mass is 32.1. The lowest BCUT2D eigenvalue weighted by Crippen LogP contribution is -2.30. The number of thiazole rings is 1. The molecule has 1 aliphatic rings. The Morgan fingerprint density at radius 1 is 1.06 bits per heavy atom. The quantitative estimate of drug-likeness (QED) is 0.439. The summed E-state index contributed by atoms with van der Waals surface area (Å²) in [4.78, 5) is 26.6. The number of para-hydroxylation sites is 1. The molecule has 164 valence electrons. The van der Waals surface area contributed by atoms with Gasteiger partial charge in [-0.2, -0.15) is 10.5 Å². The van der Waals surface area contributed by atoms with Crippen LogP contribution in [0.2, 0.25) is 0 Å². The van der Waals surface area contributed by atoms with E-state index < -0.39 is 10.5 Å². The molecule has 0 unspecified atom stereocenters. The summed E-state index contributed by atoms with van der Waals surface area (Å²) in [7, 11) is 0. The van der Waals surface area contributed by atoms with E-state index in [1.54, 1.807) is 48.5 Å². The van der Waals surface area contributed by atoms with Crippen molar-refractivity contribution in [3.05, 3.63) is 83.8 Å². The van der Waals surface area contributed by atoms with Crippen LogP contribution in [-0.2, 0) is 0 Å². The van der Waals surface area contributed by atoms with Crippen LogP contribution in [0.1, 0.15) is 24.8 Å². The summed E-state index contributed by atoms with van der Waals surface area (Å²) in [5, 5.41) is 30.5. The number of nitro groups is 1. The van der Waals surface area contributed by atoms with E-state index in [0.29, 0.717) is 16.9 Å². The van der Waals surface area contributed by atoms with Gasteiger partial charge in [0, 0.05) is 19.2 Å². The molecule has 0 saturated carbocycles. The third-order valence-corrected chi connectivity index (χ3v) is 6.56. The molecule has 4 rings (SSSR count). The number of benzene rings is 2. The molecule has 1 fully saturated rings. The van der Waals surface area contributed by atoms with Crippen molar-refractivity contribution < 1.29 is 4.92 Å². The van der Waals surface area contributed by atoms with Crippen LogP contribution in [0.4, 0.5) is 11.4 Å². The molecule has 8 nitrogen and oxygen atoms in total. The second-order valence-corrected chi connectivity index (χ2v) is 8.57. The number of piperidine rings is 1. The predicted octanol–water partition coefficient (Wildman–Crippen LogP) is 2.82. The van der Waals surface area contributed by atoms with Gasteiger partial charge in [-0.15, -0.1) is 11.3 Å². The van der Waals surface area contributed by atoms with E-state index in [0.717, 1.165) is 43.7 Å². The fraction of sp³-hybridized carbons (Fsp3) is 0.208. The molecule has 1 saturated heterocycles. The molecule has 9 heteroatoms. The molecule has 0 amide bonds. The number of nitriles is 2. The van der Waals surface area contributed by atoms with Crippen LogP contribution in [0.3, 0.4) is 0 Å². The van der Waals surface area contributed by atoms with Crippen molar-refractivity contribution in [2.45, 2.75) is 19.3 Å². The van der Waals surface area contributed by atoms with Gasteiger partial charge in [0.05, 0.1) is 15.1 Å². The van der Waals surface area contributed by atoms with Crippen LogP contribution in [0.25, 0.3) is 17.3 Å². The molecule has 2 heterocycles. The Bertz CT molecular complexity index is 1450. The van der Waals surface area contributed by atoms with Crippen LogP contribution < -0.4 is 19.7 Å². The van der Waals surface area contributed by atoms with Crippen molar-refractivity contribution in [2.24, 2.45) is 0 Å². The lowest BCUT2D eigenvalue weighted by atomic mass is 10.1. The molecule has 1 aliphatic heterocycles. The monoisotopic (exact) mass is 457 g/mol. The van der Waals surface area contributed by atoms with Crippen LogP contribution in [0, 0.1) is 32.8 Å². The summed E-state index contributed by atoms with van der Waals surface area (Å²) in [6.45, 7) is 1.56. The topological polar surface area (TPSA) is 116 Å². The number of rotatable bonds is 4. The van der Waals surface area contributed by atoms with Gasteiger partial charge in [0.1, 0.15) is 22.5 Å². The Morgan fingerprint density at radius 2 is 1.76 bits per heavy atom. The summed E-state index contributed by atoms with van der Waals surface area (Å²) in [5.74, 6) is 0. The van der Waals surface area contributed by atoms with Crippen molar-refractivity contribution in [1.29, 1.82) is 10.5 Å². The highest BCUT2D eigenvalue weighted by Gasteiger charge is 2.21. The highest BCUT2D eigenvalue weighted by molar-refractivity contribution is 7.07. The summed E-state index contributed by atoms with van der Waals surface area (Å²) >= 11 is 1.01. The molecule has 0 N–H and O–H groups in total. The molecule has 0 bridgehead atoms. The van der Waals surface area contributed by atoms with Crippen molar-refractivity contribution in [1.82, 2.24) is 4.57 Å². The summed E-state index contributed by atoms with van der Waals surface area (Å²) in [6, 6.07) is 17.4. The van der Waals surface area contributed by atoms with Gasteiger partial charge >= 0.3 is 0 Å². The van der Waals surface area contributed by atoms with E-state index in [-0.39, 0.29) is 20.5 Å². The molecular formula is C24H19N5O3S. The zero-order chi connectivity index (χ0) is 23.4. The van der Waals surface area contributed by atoms with Gasteiger partial charge < -0.3 is 4.90 Å². The molecule has 0 radical (unpaired) electrons. The molecule has 0 atom stereocenters. The minimum Gasteiger partial charge on any atom is -0.366 e. The van der Waals surface area contributed by atoms with Gasteiger partial charge in [0.15, 0.2) is 5.57 Å². The molecule has 0 aliphatic carbocycles. The average Bonchev–Trinajstić information content (AvgIpc) is 3.16. The fourth-order valence-electron chi connectivity index (χ4n) is 3.91. The van der Waals surface area contributed by atoms with E-state index >= 15 is 0 Å². The maximum atomic E-state index is 13.2. The van der Waals surface area contributed by atoms with Gasteiger partial charge in [-0.3, -0.25) is 19.5 Å². The number of anilines is 1. The van der Waals surface area contributed by atoms with E-state index in [9.17, 15) is 25.4 Å². The van der Waals surface area contributed by atoms with Crippen LogP contribution in [-0.4, -0.2) is 22.6 Å². The zero-order valence-corrected chi connectivity index (χ0v) is 18.4. The summed E-state index contributed by atoms with van der Waals surface area (Å²) in [6.07, 6.45) is 4.68. The molecule has 0 spiro atoms. The smallest absolute Gasteiger partial charge is 0.293 e. The maximum absolute atomic E-state index is 13.2. The Balaban J connectivity index is 1.90. The molecule has 3 aromatic rings. The average molecular weight is 458 g/mol. The van der Waals surface area contributed by atoms with E-state index in [2.05, 4.69) is 0 Å². The first-order valence-electron chi connectivity index (χ1n) is 10.4.